The standard InChI is InChI=1S/C25H33N3O5S/c1-19-17-28(10-12-32-19)18-21-6-2-5-20(13-21)15-26-25(29)22-7-3-9-24(14-22)34(30,31)27-16-23-8-4-11-33-23/h2-3,5-7,9,13-14,19,23,27H,4,8,10-12,15-18H2,1H3,(H,26,29). The minimum Gasteiger partial charge on any atom is -0.377 e. The normalized spacial score (nSPS) is 21.4. The maximum absolute atomic E-state index is 12.7. The van der Waals surface area contributed by atoms with Gasteiger partial charge in [-0.05, 0) is 49.1 Å². The maximum atomic E-state index is 12.7. The zero-order chi connectivity index (χ0) is 24.0. The number of morpholine rings is 1. The molecule has 0 aliphatic carbocycles. The molecule has 0 radical (unpaired) electrons. The number of nitrogens with one attached hydrogen (secondary N) is 2. The van der Waals surface area contributed by atoms with Gasteiger partial charge in [0.1, 0.15) is 0 Å². The van der Waals surface area contributed by atoms with Gasteiger partial charge < -0.3 is 14.8 Å². The number of rotatable bonds is 9. The van der Waals surface area contributed by atoms with Crippen LogP contribution in [-0.2, 0) is 32.6 Å². The first-order chi connectivity index (χ1) is 16.4. The van der Waals surface area contributed by atoms with E-state index in [1.54, 1.807) is 12.1 Å². The minimum atomic E-state index is -3.72. The molecular formula is C25H33N3O5S. The number of carbonyl (C=O) groups is 1. The van der Waals surface area contributed by atoms with Crippen molar-refractivity contribution in [1.29, 1.82) is 0 Å². The summed E-state index contributed by atoms with van der Waals surface area (Å²) in [7, 11) is -3.72. The van der Waals surface area contributed by atoms with E-state index in [-0.39, 0.29) is 29.6 Å². The van der Waals surface area contributed by atoms with Gasteiger partial charge in [-0.1, -0.05) is 30.3 Å². The highest BCUT2D eigenvalue weighted by molar-refractivity contribution is 7.89. The fourth-order valence-electron chi connectivity index (χ4n) is 4.31. The van der Waals surface area contributed by atoms with Gasteiger partial charge in [0, 0.05) is 44.9 Å². The number of hydrogen-bond donors (Lipinski definition) is 2. The summed E-state index contributed by atoms with van der Waals surface area (Å²) in [6, 6.07) is 14.2. The minimum absolute atomic E-state index is 0.0693. The number of benzene rings is 2. The van der Waals surface area contributed by atoms with E-state index >= 15 is 0 Å². The molecule has 2 unspecified atom stereocenters. The van der Waals surface area contributed by atoms with Gasteiger partial charge in [0.25, 0.3) is 5.91 Å². The van der Waals surface area contributed by atoms with E-state index in [4.69, 9.17) is 9.47 Å². The van der Waals surface area contributed by atoms with Gasteiger partial charge in [-0.3, -0.25) is 9.69 Å². The lowest BCUT2D eigenvalue weighted by Gasteiger charge is -2.31. The third-order valence-electron chi connectivity index (χ3n) is 6.11. The Morgan fingerprint density at radius 2 is 1.91 bits per heavy atom. The highest BCUT2D eigenvalue weighted by atomic mass is 32.2. The van der Waals surface area contributed by atoms with Crippen LogP contribution in [0.15, 0.2) is 53.4 Å². The van der Waals surface area contributed by atoms with Crippen molar-refractivity contribution in [2.24, 2.45) is 0 Å². The Balaban J connectivity index is 1.33. The monoisotopic (exact) mass is 487 g/mol. The molecule has 184 valence electrons. The van der Waals surface area contributed by atoms with E-state index in [9.17, 15) is 13.2 Å². The van der Waals surface area contributed by atoms with Crippen LogP contribution in [0.1, 0.15) is 41.3 Å². The molecule has 4 rings (SSSR count). The van der Waals surface area contributed by atoms with E-state index in [1.807, 2.05) is 12.1 Å². The number of nitrogens with zero attached hydrogens (tertiary/aromatic N) is 1. The van der Waals surface area contributed by atoms with E-state index in [0.29, 0.717) is 18.7 Å². The van der Waals surface area contributed by atoms with Crippen LogP contribution in [0.4, 0.5) is 0 Å². The van der Waals surface area contributed by atoms with Crippen LogP contribution in [0.25, 0.3) is 0 Å². The summed E-state index contributed by atoms with van der Waals surface area (Å²) >= 11 is 0. The molecule has 9 heteroatoms. The number of sulfonamides is 1. The van der Waals surface area contributed by atoms with Crippen LogP contribution < -0.4 is 10.0 Å². The predicted molar refractivity (Wildman–Crippen MR) is 129 cm³/mol. The Bertz CT molecular complexity index is 1090. The molecule has 8 nitrogen and oxygen atoms in total. The SMILES string of the molecule is CC1CN(Cc2cccc(CNC(=O)c3cccc(S(=O)(=O)NCC4CCCO4)c3)c2)CCO1. The van der Waals surface area contributed by atoms with Crippen molar-refractivity contribution in [1.82, 2.24) is 14.9 Å². The first kappa shape index (κ1) is 24.8. The zero-order valence-electron chi connectivity index (χ0n) is 19.5. The fourth-order valence-corrected chi connectivity index (χ4v) is 5.42. The van der Waals surface area contributed by atoms with Gasteiger partial charge in [-0.25, -0.2) is 13.1 Å². The fraction of sp³-hybridized carbons (Fsp3) is 0.480. The van der Waals surface area contributed by atoms with Crippen molar-refractivity contribution in [2.75, 3.05) is 32.8 Å². The summed E-state index contributed by atoms with van der Waals surface area (Å²) in [5, 5.41) is 2.90. The average molecular weight is 488 g/mol. The molecule has 0 spiro atoms. The van der Waals surface area contributed by atoms with Gasteiger partial charge >= 0.3 is 0 Å². The molecule has 2 aliphatic rings. The molecule has 2 aliphatic heterocycles. The molecular weight excluding hydrogens is 454 g/mol. The molecule has 2 aromatic carbocycles. The number of carbonyl (C=O) groups excluding carboxylic acids is 1. The number of hydrogen-bond acceptors (Lipinski definition) is 6. The van der Waals surface area contributed by atoms with Gasteiger partial charge in [0.2, 0.25) is 10.0 Å². The van der Waals surface area contributed by atoms with Crippen LogP contribution in [0.5, 0.6) is 0 Å². The largest absolute Gasteiger partial charge is 0.377 e. The summed E-state index contributed by atoms with van der Waals surface area (Å²) < 4.78 is 39.0. The highest BCUT2D eigenvalue weighted by Crippen LogP contribution is 2.16. The smallest absolute Gasteiger partial charge is 0.251 e. The van der Waals surface area contributed by atoms with E-state index in [1.165, 1.54) is 17.7 Å². The van der Waals surface area contributed by atoms with Crippen LogP contribution in [0.3, 0.4) is 0 Å². The van der Waals surface area contributed by atoms with Crippen molar-refractivity contribution in [3.63, 3.8) is 0 Å². The van der Waals surface area contributed by atoms with Gasteiger partial charge in [0.15, 0.2) is 0 Å². The summed E-state index contributed by atoms with van der Waals surface area (Å²) in [6.45, 7) is 6.74. The van der Waals surface area contributed by atoms with Gasteiger partial charge in [-0.15, -0.1) is 0 Å². The summed E-state index contributed by atoms with van der Waals surface area (Å²) in [4.78, 5) is 15.2. The Morgan fingerprint density at radius 3 is 2.71 bits per heavy atom. The first-order valence-electron chi connectivity index (χ1n) is 11.8. The van der Waals surface area contributed by atoms with Crippen LogP contribution in [-0.4, -0.2) is 64.3 Å². The molecule has 0 bridgehead atoms. The van der Waals surface area contributed by atoms with Crippen LogP contribution >= 0.6 is 0 Å². The highest BCUT2D eigenvalue weighted by Gasteiger charge is 2.21. The Hall–Kier alpha value is -2.30. The molecule has 2 heterocycles. The quantitative estimate of drug-likeness (QED) is 0.563. The third-order valence-corrected chi connectivity index (χ3v) is 7.53. The molecule has 2 N–H and O–H groups in total. The molecule has 2 saturated heterocycles. The van der Waals surface area contributed by atoms with Crippen molar-refractivity contribution in [3.8, 4) is 0 Å². The molecule has 1 amide bonds. The van der Waals surface area contributed by atoms with Crippen molar-refractivity contribution < 1.29 is 22.7 Å². The van der Waals surface area contributed by atoms with Crippen molar-refractivity contribution >= 4 is 15.9 Å². The summed E-state index contributed by atoms with van der Waals surface area (Å²) in [5.74, 6) is -0.316. The predicted octanol–water partition coefficient (Wildman–Crippen LogP) is 2.29. The van der Waals surface area contributed by atoms with E-state index < -0.39 is 10.0 Å². The Morgan fingerprint density at radius 1 is 1.09 bits per heavy atom. The second-order valence-electron chi connectivity index (χ2n) is 8.93. The van der Waals surface area contributed by atoms with Crippen molar-refractivity contribution in [2.45, 2.75) is 50.0 Å². The molecule has 34 heavy (non-hydrogen) atoms. The topological polar surface area (TPSA) is 97.0 Å². The lowest BCUT2D eigenvalue weighted by Crippen LogP contribution is -2.40. The summed E-state index contributed by atoms with van der Waals surface area (Å²) in [6.07, 6.45) is 1.93. The second kappa shape index (κ2) is 11.4. The van der Waals surface area contributed by atoms with Gasteiger partial charge in [-0.2, -0.15) is 0 Å². The third kappa shape index (κ3) is 6.86. The van der Waals surface area contributed by atoms with Gasteiger partial charge in [0.05, 0.1) is 23.7 Å². The Kier molecular flexibility index (Phi) is 8.33. The molecule has 0 saturated carbocycles. The van der Waals surface area contributed by atoms with Crippen LogP contribution in [0.2, 0.25) is 0 Å². The second-order valence-corrected chi connectivity index (χ2v) is 10.7. The molecule has 2 aromatic rings. The Labute approximate surface area is 201 Å². The molecule has 2 atom stereocenters. The molecule has 2 fully saturated rings. The zero-order valence-corrected chi connectivity index (χ0v) is 20.4. The lowest BCUT2D eigenvalue weighted by atomic mass is 10.1. The summed E-state index contributed by atoms with van der Waals surface area (Å²) in [5.41, 5.74) is 2.49. The lowest BCUT2D eigenvalue weighted by molar-refractivity contribution is -0.0212. The average Bonchev–Trinajstić information content (AvgIpc) is 3.36. The van der Waals surface area contributed by atoms with E-state index in [2.05, 4.69) is 34.0 Å². The number of ether oxygens (including phenoxy) is 2. The van der Waals surface area contributed by atoms with E-state index in [0.717, 1.165) is 44.6 Å². The van der Waals surface area contributed by atoms with Crippen LogP contribution in [0, 0.1) is 0 Å². The maximum Gasteiger partial charge on any atom is 0.251 e. The molecule has 0 aromatic heterocycles. The first-order valence-corrected chi connectivity index (χ1v) is 13.3. The number of amides is 1. The van der Waals surface area contributed by atoms with Crippen molar-refractivity contribution in [3.05, 3.63) is 65.2 Å².